The molecule has 82 valence electrons. The zero-order chi connectivity index (χ0) is 10.9. The molecule has 1 atom stereocenters. The zero-order valence-electron chi connectivity index (χ0n) is 9.36. The van der Waals surface area contributed by atoms with Crippen LogP contribution in [0.5, 0.6) is 5.75 Å². The van der Waals surface area contributed by atoms with Crippen LogP contribution in [-0.2, 0) is 5.60 Å². The molecule has 1 N–H and O–H groups in total. The molecular weight excluding hydrogens is 188 g/mol. The highest BCUT2D eigenvalue weighted by atomic mass is 16.5. The van der Waals surface area contributed by atoms with Gasteiger partial charge < -0.3 is 9.84 Å². The van der Waals surface area contributed by atoms with Gasteiger partial charge in [0.25, 0.3) is 0 Å². The summed E-state index contributed by atoms with van der Waals surface area (Å²) < 4.78 is 5.10. The SMILES string of the molecule is COc1ccc(C(C)(O)C2CCC2)cc1. The van der Waals surface area contributed by atoms with Gasteiger partial charge in [0.1, 0.15) is 5.75 Å². The Bertz CT molecular complexity index is 323. The lowest BCUT2D eigenvalue weighted by molar-refractivity contribution is -0.0399. The fraction of sp³-hybridized carbons (Fsp3) is 0.538. The van der Waals surface area contributed by atoms with Gasteiger partial charge in [0.05, 0.1) is 12.7 Å². The molecule has 0 spiro atoms. The molecule has 1 unspecified atom stereocenters. The molecule has 0 radical (unpaired) electrons. The molecule has 1 aromatic rings. The summed E-state index contributed by atoms with van der Waals surface area (Å²) in [5.41, 5.74) is 0.317. The van der Waals surface area contributed by atoms with Gasteiger partial charge in [-0.3, -0.25) is 0 Å². The number of hydrogen-bond donors (Lipinski definition) is 1. The van der Waals surface area contributed by atoms with Crippen LogP contribution in [0.15, 0.2) is 24.3 Å². The van der Waals surface area contributed by atoms with Crippen LogP contribution in [0.3, 0.4) is 0 Å². The topological polar surface area (TPSA) is 29.5 Å². The van der Waals surface area contributed by atoms with E-state index in [9.17, 15) is 5.11 Å². The van der Waals surface area contributed by atoms with E-state index in [1.807, 2.05) is 31.2 Å². The molecule has 0 aromatic heterocycles. The average Bonchev–Trinajstić information content (AvgIpc) is 2.14. The number of hydrogen-bond acceptors (Lipinski definition) is 2. The predicted molar refractivity (Wildman–Crippen MR) is 59.9 cm³/mol. The smallest absolute Gasteiger partial charge is 0.118 e. The van der Waals surface area contributed by atoms with Crippen LogP contribution in [-0.4, -0.2) is 12.2 Å². The second-order valence-corrected chi connectivity index (χ2v) is 4.50. The molecule has 0 bridgehead atoms. The number of methoxy groups -OCH3 is 1. The minimum atomic E-state index is -0.676. The first-order valence-corrected chi connectivity index (χ1v) is 5.51. The third kappa shape index (κ3) is 1.86. The normalized spacial score (nSPS) is 20.5. The van der Waals surface area contributed by atoms with Gasteiger partial charge in [-0.25, -0.2) is 0 Å². The lowest BCUT2D eigenvalue weighted by atomic mass is 9.71. The minimum absolute atomic E-state index is 0.422. The van der Waals surface area contributed by atoms with Crippen LogP contribution in [0, 0.1) is 5.92 Å². The van der Waals surface area contributed by atoms with E-state index in [4.69, 9.17) is 4.74 Å². The molecule has 1 saturated carbocycles. The van der Waals surface area contributed by atoms with Crippen molar-refractivity contribution in [1.29, 1.82) is 0 Å². The van der Waals surface area contributed by atoms with Crippen LogP contribution >= 0.6 is 0 Å². The van der Waals surface area contributed by atoms with Gasteiger partial charge in [-0.15, -0.1) is 0 Å². The van der Waals surface area contributed by atoms with Crippen molar-refractivity contribution in [1.82, 2.24) is 0 Å². The second-order valence-electron chi connectivity index (χ2n) is 4.50. The molecule has 1 aromatic carbocycles. The number of ether oxygens (including phenoxy) is 1. The monoisotopic (exact) mass is 206 g/mol. The lowest BCUT2D eigenvalue weighted by Gasteiger charge is -2.39. The van der Waals surface area contributed by atoms with Crippen molar-refractivity contribution >= 4 is 0 Å². The Hall–Kier alpha value is -1.02. The van der Waals surface area contributed by atoms with Crippen molar-refractivity contribution in [2.24, 2.45) is 5.92 Å². The van der Waals surface area contributed by atoms with Crippen molar-refractivity contribution in [3.8, 4) is 5.75 Å². The average molecular weight is 206 g/mol. The molecule has 0 amide bonds. The fourth-order valence-corrected chi connectivity index (χ4v) is 2.13. The maximum Gasteiger partial charge on any atom is 0.118 e. The number of benzene rings is 1. The molecular formula is C13H18O2. The summed E-state index contributed by atoms with van der Waals surface area (Å²) in [6, 6.07) is 7.72. The van der Waals surface area contributed by atoms with E-state index in [1.54, 1.807) is 7.11 Å². The highest BCUT2D eigenvalue weighted by Gasteiger charge is 2.37. The van der Waals surface area contributed by atoms with Gasteiger partial charge in [0.2, 0.25) is 0 Å². The first-order valence-electron chi connectivity index (χ1n) is 5.51. The van der Waals surface area contributed by atoms with Gasteiger partial charge in [-0.2, -0.15) is 0 Å². The van der Waals surface area contributed by atoms with E-state index in [1.165, 1.54) is 6.42 Å². The van der Waals surface area contributed by atoms with Crippen LogP contribution in [0.1, 0.15) is 31.7 Å². The number of rotatable bonds is 3. The van der Waals surface area contributed by atoms with Gasteiger partial charge >= 0.3 is 0 Å². The molecule has 2 heteroatoms. The fourth-order valence-electron chi connectivity index (χ4n) is 2.13. The highest BCUT2D eigenvalue weighted by Crippen LogP contribution is 2.42. The maximum absolute atomic E-state index is 10.4. The van der Waals surface area contributed by atoms with E-state index >= 15 is 0 Å². The first-order chi connectivity index (χ1) is 7.14. The summed E-state index contributed by atoms with van der Waals surface area (Å²) >= 11 is 0. The standard InChI is InChI=1S/C13H18O2/c1-13(14,10-4-3-5-10)11-6-8-12(15-2)9-7-11/h6-10,14H,3-5H2,1-2H3. The van der Waals surface area contributed by atoms with Crippen LogP contribution < -0.4 is 4.74 Å². The van der Waals surface area contributed by atoms with Gasteiger partial charge in [-0.05, 0) is 43.4 Å². The number of aliphatic hydroxyl groups is 1. The first kappa shape index (κ1) is 10.5. The largest absolute Gasteiger partial charge is 0.497 e. The van der Waals surface area contributed by atoms with Gasteiger partial charge in [-0.1, -0.05) is 18.6 Å². The summed E-state index contributed by atoms with van der Waals surface area (Å²) in [7, 11) is 1.65. The third-order valence-corrected chi connectivity index (χ3v) is 3.57. The van der Waals surface area contributed by atoms with Crippen molar-refractivity contribution in [3.05, 3.63) is 29.8 Å². The van der Waals surface area contributed by atoms with Crippen LogP contribution in [0.25, 0.3) is 0 Å². The maximum atomic E-state index is 10.4. The molecule has 0 heterocycles. The Balaban J connectivity index is 2.20. The van der Waals surface area contributed by atoms with E-state index in [-0.39, 0.29) is 0 Å². The van der Waals surface area contributed by atoms with E-state index in [0.29, 0.717) is 5.92 Å². The molecule has 1 aliphatic carbocycles. The van der Waals surface area contributed by atoms with Crippen molar-refractivity contribution in [2.45, 2.75) is 31.8 Å². The molecule has 2 nitrogen and oxygen atoms in total. The Labute approximate surface area is 90.9 Å². The summed E-state index contributed by atoms with van der Waals surface area (Å²) in [6.07, 6.45) is 3.52. The molecule has 0 saturated heterocycles. The second kappa shape index (κ2) is 3.86. The van der Waals surface area contributed by atoms with Crippen LogP contribution in [0.2, 0.25) is 0 Å². The quantitative estimate of drug-likeness (QED) is 0.824. The van der Waals surface area contributed by atoms with Gasteiger partial charge in [0.15, 0.2) is 0 Å². The van der Waals surface area contributed by atoms with Gasteiger partial charge in [0, 0.05) is 0 Å². The van der Waals surface area contributed by atoms with Crippen molar-refractivity contribution < 1.29 is 9.84 Å². The molecule has 1 fully saturated rings. The Kier molecular flexibility index (Phi) is 2.70. The summed E-state index contributed by atoms with van der Waals surface area (Å²) in [5.74, 6) is 1.26. The van der Waals surface area contributed by atoms with E-state index < -0.39 is 5.60 Å². The Morgan fingerprint density at radius 3 is 2.27 bits per heavy atom. The third-order valence-electron chi connectivity index (χ3n) is 3.57. The lowest BCUT2D eigenvalue weighted by Crippen LogP contribution is -2.36. The van der Waals surface area contributed by atoms with E-state index in [0.717, 1.165) is 24.2 Å². The Morgan fingerprint density at radius 2 is 1.87 bits per heavy atom. The summed E-state index contributed by atoms with van der Waals surface area (Å²) in [4.78, 5) is 0. The Morgan fingerprint density at radius 1 is 1.27 bits per heavy atom. The highest BCUT2D eigenvalue weighted by molar-refractivity contribution is 5.31. The molecule has 15 heavy (non-hydrogen) atoms. The molecule has 1 aliphatic rings. The van der Waals surface area contributed by atoms with E-state index in [2.05, 4.69) is 0 Å². The summed E-state index contributed by atoms with van der Waals surface area (Å²) in [6.45, 7) is 1.92. The summed E-state index contributed by atoms with van der Waals surface area (Å²) in [5, 5.41) is 10.4. The predicted octanol–water partition coefficient (Wildman–Crippen LogP) is 2.70. The molecule has 2 rings (SSSR count). The van der Waals surface area contributed by atoms with Crippen molar-refractivity contribution in [2.75, 3.05) is 7.11 Å². The van der Waals surface area contributed by atoms with Crippen molar-refractivity contribution in [3.63, 3.8) is 0 Å². The molecule has 0 aliphatic heterocycles. The minimum Gasteiger partial charge on any atom is -0.497 e. The zero-order valence-corrected chi connectivity index (χ0v) is 9.36. The van der Waals surface area contributed by atoms with Crippen LogP contribution in [0.4, 0.5) is 0 Å².